The summed E-state index contributed by atoms with van der Waals surface area (Å²) >= 11 is 1.53. The normalized spacial score (nSPS) is 10.0. The van der Waals surface area contributed by atoms with Gasteiger partial charge in [-0.25, -0.2) is 4.98 Å². The van der Waals surface area contributed by atoms with Crippen LogP contribution in [0.2, 0.25) is 0 Å². The Balaban J connectivity index is 1.66. The van der Waals surface area contributed by atoms with E-state index < -0.39 is 0 Å². The van der Waals surface area contributed by atoms with Gasteiger partial charge in [-0.1, -0.05) is 24.5 Å². The summed E-state index contributed by atoms with van der Waals surface area (Å²) in [5.41, 5.74) is 2.89. The maximum atomic E-state index is 11.3. The number of rotatable bonds is 4. The highest BCUT2D eigenvalue weighted by Gasteiger charge is 2.06. The fraction of sp³-hybridized carbons (Fsp3) is 0.100. The maximum Gasteiger partial charge on any atom is 0.247 e. The molecule has 0 atom stereocenters. The van der Waals surface area contributed by atoms with E-state index in [1.165, 1.54) is 17.4 Å². The van der Waals surface area contributed by atoms with Gasteiger partial charge in [-0.3, -0.25) is 4.79 Å². The van der Waals surface area contributed by atoms with Crippen molar-refractivity contribution in [2.75, 3.05) is 17.2 Å². The van der Waals surface area contributed by atoms with Gasteiger partial charge in [0.05, 0.1) is 16.3 Å². The lowest BCUT2D eigenvalue weighted by Crippen LogP contribution is -2.07. The molecule has 0 unspecified atom stereocenters. The van der Waals surface area contributed by atoms with Gasteiger partial charge in [-0.15, -0.1) is 11.3 Å². The van der Waals surface area contributed by atoms with E-state index >= 15 is 0 Å². The number of hydrogen-bond donors (Lipinski definition) is 3. The molecule has 0 aliphatic carbocycles. The van der Waals surface area contributed by atoms with Crippen molar-refractivity contribution in [3.63, 3.8) is 0 Å². The molecule has 0 saturated carbocycles. The third-order valence-electron chi connectivity index (χ3n) is 3.51. The van der Waals surface area contributed by atoms with E-state index in [9.17, 15) is 9.90 Å². The molecule has 0 saturated heterocycles. The molecule has 0 fully saturated rings. The van der Waals surface area contributed by atoms with Crippen LogP contribution < -0.4 is 10.6 Å². The number of carbonyl (C=O) groups excluding carboxylic acids is 1. The number of amides is 1. The first-order valence-corrected chi connectivity index (χ1v) is 8.73. The van der Waals surface area contributed by atoms with Gasteiger partial charge in [0.25, 0.3) is 0 Å². The Hall–Kier alpha value is -3.30. The fourth-order valence-electron chi connectivity index (χ4n) is 2.39. The van der Waals surface area contributed by atoms with Crippen LogP contribution in [-0.2, 0) is 4.79 Å². The van der Waals surface area contributed by atoms with Gasteiger partial charge in [0, 0.05) is 16.9 Å². The lowest BCUT2D eigenvalue weighted by atomic mass is 10.2. The fourth-order valence-corrected chi connectivity index (χ4v) is 3.28. The van der Waals surface area contributed by atoms with E-state index in [1.807, 2.05) is 31.2 Å². The third-order valence-corrected chi connectivity index (χ3v) is 4.43. The van der Waals surface area contributed by atoms with Gasteiger partial charge in [0.1, 0.15) is 11.3 Å². The molecule has 26 heavy (non-hydrogen) atoms. The lowest BCUT2D eigenvalue weighted by molar-refractivity contribution is -0.111. The minimum atomic E-state index is -0.254. The van der Waals surface area contributed by atoms with Gasteiger partial charge in [0.2, 0.25) is 5.91 Å². The Morgan fingerprint density at radius 1 is 1.35 bits per heavy atom. The molecule has 1 aromatic heterocycles. The van der Waals surface area contributed by atoms with E-state index in [-0.39, 0.29) is 11.7 Å². The number of hydrogen-bond acceptors (Lipinski definition) is 5. The maximum absolute atomic E-state index is 11.3. The molecule has 0 spiro atoms. The van der Waals surface area contributed by atoms with Crippen molar-refractivity contribution in [3.8, 4) is 17.6 Å². The third kappa shape index (κ3) is 4.21. The van der Waals surface area contributed by atoms with Crippen LogP contribution in [0, 0.1) is 18.8 Å². The molecule has 3 rings (SSSR count). The van der Waals surface area contributed by atoms with Crippen molar-refractivity contribution < 1.29 is 9.90 Å². The second-order valence-electron chi connectivity index (χ2n) is 5.50. The largest absolute Gasteiger partial charge is 0.506 e. The molecule has 0 aliphatic heterocycles. The molecular weight excluding hydrogens is 346 g/mol. The zero-order valence-corrected chi connectivity index (χ0v) is 15.0. The number of anilines is 2. The molecule has 5 nitrogen and oxygen atoms in total. The Labute approximate surface area is 155 Å². The minimum absolute atomic E-state index is 0.148. The first kappa shape index (κ1) is 17.5. The summed E-state index contributed by atoms with van der Waals surface area (Å²) in [5, 5.41) is 16.8. The molecule has 1 heterocycles. The number of phenols is 1. The highest BCUT2D eigenvalue weighted by atomic mass is 32.1. The number of nitrogens with one attached hydrogen (secondary N) is 2. The predicted molar refractivity (Wildman–Crippen MR) is 107 cm³/mol. The highest BCUT2D eigenvalue weighted by Crippen LogP contribution is 2.30. The van der Waals surface area contributed by atoms with Crippen LogP contribution in [0.5, 0.6) is 5.75 Å². The molecule has 1 amide bonds. The predicted octanol–water partition coefficient (Wildman–Crippen LogP) is 3.90. The van der Waals surface area contributed by atoms with Gasteiger partial charge in [-0.05, 0) is 43.3 Å². The first-order chi connectivity index (χ1) is 12.5. The first-order valence-electron chi connectivity index (χ1n) is 7.91. The number of aromatic nitrogens is 1. The van der Waals surface area contributed by atoms with E-state index in [2.05, 4.69) is 34.0 Å². The van der Waals surface area contributed by atoms with Crippen LogP contribution in [0.15, 0.2) is 49.1 Å². The van der Waals surface area contributed by atoms with E-state index in [1.54, 1.807) is 12.1 Å². The number of aryl methyl sites for hydroxylation is 1. The average molecular weight is 363 g/mol. The van der Waals surface area contributed by atoms with E-state index in [0.717, 1.165) is 21.0 Å². The van der Waals surface area contributed by atoms with Crippen molar-refractivity contribution in [3.05, 3.63) is 59.6 Å². The van der Waals surface area contributed by atoms with Gasteiger partial charge < -0.3 is 15.7 Å². The molecule has 3 N–H and O–H groups in total. The second kappa shape index (κ2) is 7.72. The molecular formula is C20H17N3O2S. The summed E-state index contributed by atoms with van der Waals surface area (Å²) in [6, 6.07) is 10.9. The summed E-state index contributed by atoms with van der Waals surface area (Å²) in [7, 11) is 0. The highest BCUT2D eigenvalue weighted by molar-refractivity contribution is 7.18. The molecule has 2 aromatic carbocycles. The molecule has 0 radical (unpaired) electrons. The Morgan fingerprint density at radius 2 is 2.15 bits per heavy atom. The smallest absolute Gasteiger partial charge is 0.247 e. The van der Waals surface area contributed by atoms with E-state index in [0.29, 0.717) is 17.7 Å². The van der Waals surface area contributed by atoms with Crippen LogP contribution in [0.25, 0.3) is 10.2 Å². The number of carbonyl (C=O) groups is 1. The number of aromatic hydroxyl groups is 1. The number of benzene rings is 2. The molecule has 3 aromatic rings. The van der Waals surface area contributed by atoms with Crippen LogP contribution in [0.3, 0.4) is 0 Å². The van der Waals surface area contributed by atoms with Crippen LogP contribution in [0.1, 0.15) is 10.6 Å². The molecule has 6 heteroatoms. The van der Waals surface area contributed by atoms with Gasteiger partial charge in [0.15, 0.2) is 0 Å². The standard InChI is InChI=1S/C20H17N3O2S/c1-3-19(25)23-16-8-4-7-15(12-16)21-9-5-6-14-10-17(24)20-18(11-14)26-13(2)22-20/h3-4,7-8,10-12,21,24H,1,9H2,2H3,(H,23,25). The quantitative estimate of drug-likeness (QED) is 0.485. The minimum Gasteiger partial charge on any atom is -0.506 e. The van der Waals surface area contributed by atoms with Crippen LogP contribution in [0.4, 0.5) is 11.4 Å². The van der Waals surface area contributed by atoms with Crippen LogP contribution >= 0.6 is 11.3 Å². The summed E-state index contributed by atoms with van der Waals surface area (Å²) in [6.45, 7) is 5.77. The summed E-state index contributed by atoms with van der Waals surface area (Å²) in [6.07, 6.45) is 1.22. The monoisotopic (exact) mass is 363 g/mol. The Kier molecular flexibility index (Phi) is 5.20. The number of phenolic OH excluding ortho intramolecular Hbond substituents is 1. The molecule has 0 aliphatic rings. The number of fused-ring (bicyclic) bond motifs is 1. The van der Waals surface area contributed by atoms with Crippen molar-refractivity contribution in [1.82, 2.24) is 4.98 Å². The van der Waals surface area contributed by atoms with Crippen molar-refractivity contribution >= 4 is 38.8 Å². The SMILES string of the molecule is C=CC(=O)Nc1cccc(NCC#Cc2cc(O)c3nc(C)sc3c2)c1. The zero-order chi connectivity index (χ0) is 18.5. The topological polar surface area (TPSA) is 74.2 Å². The van der Waals surface area contributed by atoms with E-state index in [4.69, 9.17) is 0 Å². The zero-order valence-electron chi connectivity index (χ0n) is 14.2. The van der Waals surface area contributed by atoms with Crippen molar-refractivity contribution in [2.24, 2.45) is 0 Å². The summed E-state index contributed by atoms with van der Waals surface area (Å²) < 4.78 is 0.922. The molecule has 0 bridgehead atoms. The van der Waals surface area contributed by atoms with Gasteiger partial charge in [-0.2, -0.15) is 0 Å². The second-order valence-corrected chi connectivity index (χ2v) is 6.74. The lowest BCUT2D eigenvalue weighted by Gasteiger charge is -2.06. The summed E-state index contributed by atoms with van der Waals surface area (Å²) in [4.78, 5) is 15.6. The average Bonchev–Trinajstić information content (AvgIpc) is 3.00. The Morgan fingerprint density at radius 3 is 2.96 bits per heavy atom. The van der Waals surface area contributed by atoms with Gasteiger partial charge >= 0.3 is 0 Å². The van der Waals surface area contributed by atoms with Crippen molar-refractivity contribution in [2.45, 2.75) is 6.92 Å². The summed E-state index contributed by atoms with van der Waals surface area (Å²) in [5.74, 6) is 5.96. The number of nitrogens with zero attached hydrogens (tertiary/aromatic N) is 1. The Bertz CT molecular complexity index is 1040. The van der Waals surface area contributed by atoms with Crippen molar-refractivity contribution in [1.29, 1.82) is 0 Å². The number of thiazole rings is 1. The molecule has 130 valence electrons. The van der Waals surface area contributed by atoms with Crippen LogP contribution in [-0.4, -0.2) is 22.5 Å².